The Balaban J connectivity index is 1.85. The van der Waals surface area contributed by atoms with Crippen LogP contribution in [0.2, 0.25) is 0 Å². The van der Waals surface area contributed by atoms with Gasteiger partial charge in [0.25, 0.3) is 5.91 Å². The summed E-state index contributed by atoms with van der Waals surface area (Å²) in [5.74, 6) is 0.457. The van der Waals surface area contributed by atoms with Crippen LogP contribution in [0.1, 0.15) is 22.8 Å². The van der Waals surface area contributed by atoms with Crippen molar-refractivity contribution in [1.29, 1.82) is 0 Å². The molecular formula is C20H22N2O3. The first kappa shape index (κ1) is 17.0. The molecule has 5 heteroatoms. The highest BCUT2D eigenvalue weighted by Crippen LogP contribution is 2.30. The summed E-state index contributed by atoms with van der Waals surface area (Å²) in [7, 11) is 1.59. The molecule has 0 bridgehead atoms. The quantitative estimate of drug-likeness (QED) is 0.865. The predicted octanol–water partition coefficient (Wildman–Crippen LogP) is 2.88. The first-order valence-electron chi connectivity index (χ1n) is 8.35. The molecule has 0 N–H and O–H groups in total. The number of ether oxygens (including phenoxy) is 1. The Kier molecular flexibility index (Phi) is 4.74. The van der Waals surface area contributed by atoms with Crippen LogP contribution in [0.5, 0.6) is 5.75 Å². The van der Waals surface area contributed by atoms with Gasteiger partial charge in [0.05, 0.1) is 12.8 Å². The Bertz CT molecular complexity index is 803. The molecule has 1 fully saturated rings. The highest BCUT2D eigenvalue weighted by Gasteiger charge is 2.36. The largest absolute Gasteiger partial charge is 0.495 e. The van der Waals surface area contributed by atoms with Crippen LogP contribution in [-0.4, -0.2) is 43.0 Å². The third kappa shape index (κ3) is 3.09. The maximum atomic E-state index is 12.9. The molecule has 1 aliphatic rings. The van der Waals surface area contributed by atoms with E-state index in [1.165, 1.54) is 0 Å². The van der Waals surface area contributed by atoms with Gasteiger partial charge in [-0.2, -0.15) is 0 Å². The van der Waals surface area contributed by atoms with Gasteiger partial charge in [-0.25, -0.2) is 0 Å². The number of carbonyl (C=O) groups excluding carboxylic acids is 2. The van der Waals surface area contributed by atoms with Crippen molar-refractivity contribution in [3.05, 3.63) is 59.7 Å². The number of hydrogen-bond acceptors (Lipinski definition) is 3. The van der Waals surface area contributed by atoms with Crippen LogP contribution in [0.25, 0.3) is 0 Å². The van der Waals surface area contributed by atoms with Gasteiger partial charge in [0.15, 0.2) is 0 Å². The monoisotopic (exact) mass is 338 g/mol. The Morgan fingerprint density at radius 1 is 1.08 bits per heavy atom. The second-order valence-electron chi connectivity index (χ2n) is 6.15. The van der Waals surface area contributed by atoms with Gasteiger partial charge in [-0.3, -0.25) is 9.59 Å². The smallest absolute Gasteiger partial charge is 0.254 e. The van der Waals surface area contributed by atoms with E-state index < -0.39 is 6.04 Å². The highest BCUT2D eigenvalue weighted by molar-refractivity contribution is 6.04. The van der Waals surface area contributed by atoms with E-state index in [-0.39, 0.29) is 11.8 Å². The Morgan fingerprint density at radius 3 is 2.48 bits per heavy atom. The Morgan fingerprint density at radius 2 is 1.76 bits per heavy atom. The number of amides is 2. The average Bonchev–Trinajstić information content (AvgIpc) is 2.64. The molecule has 1 saturated heterocycles. The summed E-state index contributed by atoms with van der Waals surface area (Å²) < 4.78 is 5.37. The summed E-state index contributed by atoms with van der Waals surface area (Å²) in [5.41, 5.74) is 2.30. The van der Waals surface area contributed by atoms with E-state index in [9.17, 15) is 9.59 Å². The second-order valence-corrected chi connectivity index (χ2v) is 6.15. The van der Waals surface area contributed by atoms with Crippen molar-refractivity contribution in [1.82, 2.24) is 4.90 Å². The van der Waals surface area contributed by atoms with E-state index in [2.05, 4.69) is 0 Å². The molecule has 2 aromatic carbocycles. The van der Waals surface area contributed by atoms with Crippen molar-refractivity contribution in [2.45, 2.75) is 19.9 Å². The lowest BCUT2D eigenvalue weighted by Gasteiger charge is -2.39. The van der Waals surface area contributed by atoms with Crippen LogP contribution in [0, 0.1) is 6.92 Å². The van der Waals surface area contributed by atoms with Crippen LogP contribution in [0.3, 0.4) is 0 Å². The van der Waals surface area contributed by atoms with Crippen molar-refractivity contribution in [2.75, 3.05) is 25.1 Å². The average molecular weight is 338 g/mol. The van der Waals surface area contributed by atoms with Crippen molar-refractivity contribution in [3.63, 3.8) is 0 Å². The fraction of sp³-hybridized carbons (Fsp3) is 0.300. The zero-order chi connectivity index (χ0) is 18.0. The van der Waals surface area contributed by atoms with Crippen molar-refractivity contribution < 1.29 is 14.3 Å². The van der Waals surface area contributed by atoms with Gasteiger partial charge in [0.1, 0.15) is 11.8 Å². The molecule has 1 atom stereocenters. The van der Waals surface area contributed by atoms with Gasteiger partial charge in [0.2, 0.25) is 5.91 Å². The van der Waals surface area contributed by atoms with E-state index in [1.54, 1.807) is 23.8 Å². The standard InChI is InChI=1S/C20H22N2O3/c1-14-8-4-5-9-16(14)20(24)21-12-13-22(19(23)15(21)2)17-10-6-7-11-18(17)25-3/h4-11,15H,12-13H2,1-3H3. The zero-order valence-corrected chi connectivity index (χ0v) is 14.7. The number of carbonyl (C=O) groups is 2. The molecule has 2 amide bonds. The molecule has 0 aromatic heterocycles. The number of nitrogens with zero attached hydrogens (tertiary/aromatic N) is 2. The number of para-hydroxylation sites is 2. The lowest BCUT2D eigenvalue weighted by molar-refractivity contribution is -0.124. The summed E-state index contributed by atoms with van der Waals surface area (Å²) in [6.07, 6.45) is 0. The van der Waals surface area contributed by atoms with E-state index in [0.29, 0.717) is 24.4 Å². The molecule has 1 unspecified atom stereocenters. The lowest BCUT2D eigenvalue weighted by atomic mass is 10.0. The number of rotatable bonds is 3. The number of hydrogen-bond donors (Lipinski definition) is 0. The van der Waals surface area contributed by atoms with Crippen molar-refractivity contribution in [2.24, 2.45) is 0 Å². The Labute approximate surface area is 147 Å². The van der Waals surface area contributed by atoms with Crippen LogP contribution in [0.15, 0.2) is 48.5 Å². The van der Waals surface area contributed by atoms with Gasteiger partial charge in [0, 0.05) is 18.7 Å². The Hall–Kier alpha value is -2.82. The fourth-order valence-electron chi connectivity index (χ4n) is 3.21. The second kappa shape index (κ2) is 6.97. The molecular weight excluding hydrogens is 316 g/mol. The third-order valence-corrected chi connectivity index (χ3v) is 4.67. The highest BCUT2D eigenvalue weighted by atomic mass is 16.5. The molecule has 1 aliphatic heterocycles. The van der Waals surface area contributed by atoms with Crippen molar-refractivity contribution >= 4 is 17.5 Å². The summed E-state index contributed by atoms with van der Waals surface area (Å²) >= 11 is 0. The summed E-state index contributed by atoms with van der Waals surface area (Å²) in [6.45, 7) is 4.62. The molecule has 130 valence electrons. The molecule has 25 heavy (non-hydrogen) atoms. The third-order valence-electron chi connectivity index (χ3n) is 4.67. The van der Waals surface area contributed by atoms with E-state index >= 15 is 0 Å². The topological polar surface area (TPSA) is 49.9 Å². The summed E-state index contributed by atoms with van der Waals surface area (Å²) in [5, 5.41) is 0. The molecule has 0 saturated carbocycles. The maximum absolute atomic E-state index is 12.9. The van der Waals surface area contributed by atoms with E-state index in [1.807, 2.05) is 55.5 Å². The predicted molar refractivity (Wildman–Crippen MR) is 97.0 cm³/mol. The number of aryl methyl sites for hydroxylation is 1. The van der Waals surface area contributed by atoms with Crippen LogP contribution >= 0.6 is 0 Å². The lowest BCUT2D eigenvalue weighted by Crippen LogP contribution is -2.57. The van der Waals surface area contributed by atoms with E-state index in [4.69, 9.17) is 4.74 Å². The van der Waals surface area contributed by atoms with Crippen LogP contribution in [0.4, 0.5) is 5.69 Å². The zero-order valence-electron chi connectivity index (χ0n) is 14.7. The first-order valence-corrected chi connectivity index (χ1v) is 8.35. The number of anilines is 1. The van der Waals surface area contributed by atoms with Gasteiger partial charge >= 0.3 is 0 Å². The van der Waals surface area contributed by atoms with Gasteiger partial charge < -0.3 is 14.5 Å². The fourth-order valence-corrected chi connectivity index (χ4v) is 3.21. The van der Waals surface area contributed by atoms with Gasteiger partial charge in [-0.15, -0.1) is 0 Å². The normalized spacial score (nSPS) is 17.6. The SMILES string of the molecule is COc1ccccc1N1CCN(C(=O)c2ccccc2C)C(C)C1=O. The minimum absolute atomic E-state index is 0.0985. The molecule has 1 heterocycles. The van der Waals surface area contributed by atoms with Gasteiger partial charge in [-0.05, 0) is 37.6 Å². The van der Waals surface area contributed by atoms with Crippen molar-refractivity contribution in [3.8, 4) is 5.75 Å². The molecule has 2 aromatic rings. The molecule has 0 aliphatic carbocycles. The molecule has 0 radical (unpaired) electrons. The first-order chi connectivity index (χ1) is 12.0. The van der Waals surface area contributed by atoms with Crippen LogP contribution in [-0.2, 0) is 4.79 Å². The number of methoxy groups -OCH3 is 1. The van der Waals surface area contributed by atoms with E-state index in [0.717, 1.165) is 11.3 Å². The number of benzene rings is 2. The van der Waals surface area contributed by atoms with Gasteiger partial charge in [-0.1, -0.05) is 30.3 Å². The molecule has 3 rings (SSSR count). The minimum atomic E-state index is -0.522. The molecule has 5 nitrogen and oxygen atoms in total. The summed E-state index contributed by atoms with van der Waals surface area (Å²) in [6, 6.07) is 14.4. The number of piperazine rings is 1. The molecule has 0 spiro atoms. The van der Waals surface area contributed by atoms with Crippen LogP contribution < -0.4 is 9.64 Å². The minimum Gasteiger partial charge on any atom is -0.495 e. The summed E-state index contributed by atoms with van der Waals surface area (Å²) in [4.78, 5) is 29.1. The maximum Gasteiger partial charge on any atom is 0.254 e.